The molecule has 1 fully saturated rings. The second-order valence-corrected chi connectivity index (χ2v) is 5.60. The molecule has 0 radical (unpaired) electrons. The fourth-order valence-corrected chi connectivity index (χ4v) is 2.74. The molecule has 0 spiro atoms. The smallest absolute Gasteiger partial charge is 0.137 e. The zero-order valence-electron chi connectivity index (χ0n) is 11.0. The molecule has 1 saturated heterocycles. The van der Waals surface area contributed by atoms with Crippen molar-refractivity contribution in [3.05, 3.63) is 17.0 Å². The molecule has 100 valence electrons. The number of nitrogens with zero attached hydrogens (tertiary/aromatic N) is 3. The van der Waals surface area contributed by atoms with Gasteiger partial charge in [-0.3, -0.25) is 0 Å². The summed E-state index contributed by atoms with van der Waals surface area (Å²) in [6, 6.07) is 0. The lowest BCUT2D eigenvalue weighted by atomic mass is 9.95. The van der Waals surface area contributed by atoms with Crippen LogP contribution in [0.4, 0.5) is 5.82 Å². The Labute approximate surface area is 113 Å². The van der Waals surface area contributed by atoms with E-state index in [9.17, 15) is 5.11 Å². The van der Waals surface area contributed by atoms with Gasteiger partial charge < -0.3 is 10.0 Å². The SMILES string of the molecule is CCCc1c(Cl)ncnc1N1CCCC(C)(O)C1. The molecule has 1 aliphatic heterocycles. The Bertz CT molecular complexity index is 423. The molecule has 18 heavy (non-hydrogen) atoms. The summed E-state index contributed by atoms with van der Waals surface area (Å²) in [6.07, 6.45) is 5.18. The Morgan fingerprint density at radius 2 is 2.28 bits per heavy atom. The lowest BCUT2D eigenvalue weighted by molar-refractivity contribution is 0.0446. The highest BCUT2D eigenvalue weighted by atomic mass is 35.5. The maximum Gasteiger partial charge on any atom is 0.137 e. The zero-order valence-corrected chi connectivity index (χ0v) is 11.7. The largest absolute Gasteiger partial charge is 0.388 e. The predicted octanol–water partition coefficient (Wildman–Crippen LogP) is 2.43. The molecule has 1 atom stereocenters. The highest BCUT2D eigenvalue weighted by molar-refractivity contribution is 6.30. The Balaban J connectivity index is 2.29. The van der Waals surface area contributed by atoms with Crippen LogP contribution in [0.15, 0.2) is 6.33 Å². The lowest BCUT2D eigenvalue weighted by Crippen LogP contribution is -2.46. The van der Waals surface area contributed by atoms with Crippen molar-refractivity contribution in [2.45, 2.75) is 45.1 Å². The zero-order chi connectivity index (χ0) is 13.2. The molecule has 1 aromatic rings. The highest BCUT2D eigenvalue weighted by Crippen LogP contribution is 2.29. The summed E-state index contributed by atoms with van der Waals surface area (Å²) in [5.41, 5.74) is 0.360. The van der Waals surface area contributed by atoms with Crippen LogP contribution < -0.4 is 4.90 Å². The standard InChI is InChI=1S/C13H20ClN3O/c1-3-5-10-11(14)15-9-16-12(10)17-7-4-6-13(2,18)8-17/h9,18H,3-8H2,1-2H3. The van der Waals surface area contributed by atoms with E-state index in [0.29, 0.717) is 11.7 Å². The van der Waals surface area contributed by atoms with Crippen molar-refractivity contribution in [1.82, 2.24) is 9.97 Å². The molecular weight excluding hydrogens is 250 g/mol. The number of halogens is 1. The maximum atomic E-state index is 10.2. The van der Waals surface area contributed by atoms with Gasteiger partial charge in [-0.15, -0.1) is 0 Å². The van der Waals surface area contributed by atoms with Crippen LogP contribution in [0.3, 0.4) is 0 Å². The third-order valence-electron chi connectivity index (χ3n) is 3.34. The third kappa shape index (κ3) is 2.93. The summed E-state index contributed by atoms with van der Waals surface area (Å²) in [5.74, 6) is 0.886. The van der Waals surface area contributed by atoms with E-state index < -0.39 is 5.60 Å². The van der Waals surface area contributed by atoms with E-state index in [2.05, 4.69) is 21.8 Å². The fourth-order valence-electron chi connectivity index (χ4n) is 2.52. The summed E-state index contributed by atoms with van der Waals surface area (Å²) >= 11 is 6.16. The molecule has 0 saturated carbocycles. The van der Waals surface area contributed by atoms with Crippen molar-refractivity contribution >= 4 is 17.4 Å². The first-order valence-corrected chi connectivity index (χ1v) is 6.88. The number of rotatable bonds is 3. The van der Waals surface area contributed by atoms with Crippen LogP contribution in [0.2, 0.25) is 5.15 Å². The molecule has 0 amide bonds. The van der Waals surface area contributed by atoms with Crippen LogP contribution in [0.1, 0.15) is 38.7 Å². The van der Waals surface area contributed by atoms with Gasteiger partial charge in [0.05, 0.1) is 5.60 Å². The van der Waals surface area contributed by atoms with E-state index in [1.54, 1.807) is 0 Å². The number of anilines is 1. The van der Waals surface area contributed by atoms with Crippen molar-refractivity contribution in [1.29, 1.82) is 0 Å². The van der Waals surface area contributed by atoms with Crippen molar-refractivity contribution in [3.8, 4) is 0 Å². The number of hydrogen-bond acceptors (Lipinski definition) is 4. The summed E-state index contributed by atoms with van der Waals surface area (Å²) in [7, 11) is 0. The van der Waals surface area contributed by atoms with Gasteiger partial charge in [0.1, 0.15) is 17.3 Å². The molecule has 2 heterocycles. The first kappa shape index (κ1) is 13.6. The second kappa shape index (κ2) is 5.41. The van der Waals surface area contributed by atoms with Gasteiger partial charge in [-0.05, 0) is 26.2 Å². The average molecular weight is 270 g/mol. The van der Waals surface area contributed by atoms with E-state index in [-0.39, 0.29) is 0 Å². The molecule has 1 aliphatic rings. The van der Waals surface area contributed by atoms with E-state index in [0.717, 1.165) is 43.6 Å². The van der Waals surface area contributed by atoms with E-state index in [1.807, 2.05) is 6.92 Å². The van der Waals surface area contributed by atoms with Gasteiger partial charge in [0.25, 0.3) is 0 Å². The van der Waals surface area contributed by atoms with Gasteiger partial charge in [0.2, 0.25) is 0 Å². The summed E-state index contributed by atoms with van der Waals surface area (Å²) in [5, 5.41) is 10.7. The summed E-state index contributed by atoms with van der Waals surface area (Å²) < 4.78 is 0. The molecule has 2 rings (SSSR count). The maximum absolute atomic E-state index is 10.2. The monoisotopic (exact) mass is 269 g/mol. The predicted molar refractivity (Wildman–Crippen MR) is 73.1 cm³/mol. The van der Waals surface area contributed by atoms with Crippen LogP contribution in [-0.2, 0) is 6.42 Å². The van der Waals surface area contributed by atoms with Gasteiger partial charge in [-0.2, -0.15) is 0 Å². The average Bonchev–Trinajstić information content (AvgIpc) is 2.30. The van der Waals surface area contributed by atoms with E-state index >= 15 is 0 Å². The summed E-state index contributed by atoms with van der Waals surface area (Å²) in [6.45, 7) is 5.51. The lowest BCUT2D eigenvalue weighted by Gasteiger charge is -2.38. The molecule has 1 unspecified atom stereocenters. The van der Waals surface area contributed by atoms with Gasteiger partial charge in [0, 0.05) is 18.7 Å². The molecule has 5 heteroatoms. The van der Waals surface area contributed by atoms with Crippen LogP contribution in [0.25, 0.3) is 0 Å². The van der Waals surface area contributed by atoms with Crippen molar-refractivity contribution < 1.29 is 5.11 Å². The van der Waals surface area contributed by atoms with Gasteiger partial charge in [-0.1, -0.05) is 24.9 Å². The Hall–Kier alpha value is -0.870. The molecule has 1 N–H and O–H groups in total. The summed E-state index contributed by atoms with van der Waals surface area (Å²) in [4.78, 5) is 10.5. The second-order valence-electron chi connectivity index (χ2n) is 5.24. The molecule has 1 aromatic heterocycles. The van der Waals surface area contributed by atoms with Gasteiger partial charge >= 0.3 is 0 Å². The number of β-amino-alcohol motifs (C(OH)–C–C–N with tert-alkyl or cyclic N) is 1. The van der Waals surface area contributed by atoms with Gasteiger partial charge in [0.15, 0.2) is 0 Å². The molecule has 4 nitrogen and oxygen atoms in total. The number of aliphatic hydroxyl groups is 1. The van der Waals surface area contributed by atoms with Crippen LogP contribution in [0, 0.1) is 0 Å². The van der Waals surface area contributed by atoms with E-state index in [4.69, 9.17) is 11.6 Å². The van der Waals surface area contributed by atoms with Crippen molar-refractivity contribution in [2.24, 2.45) is 0 Å². The first-order valence-electron chi connectivity index (χ1n) is 6.50. The topological polar surface area (TPSA) is 49.2 Å². The Morgan fingerprint density at radius 1 is 1.50 bits per heavy atom. The molecule has 0 bridgehead atoms. The molecule has 0 aromatic carbocycles. The van der Waals surface area contributed by atoms with E-state index in [1.165, 1.54) is 6.33 Å². The van der Waals surface area contributed by atoms with Crippen molar-refractivity contribution in [2.75, 3.05) is 18.0 Å². The Kier molecular flexibility index (Phi) is 4.07. The third-order valence-corrected chi connectivity index (χ3v) is 3.67. The first-order chi connectivity index (χ1) is 8.53. The molecule has 0 aliphatic carbocycles. The van der Waals surface area contributed by atoms with Crippen molar-refractivity contribution in [3.63, 3.8) is 0 Å². The van der Waals surface area contributed by atoms with Gasteiger partial charge in [-0.25, -0.2) is 9.97 Å². The normalized spacial score (nSPS) is 24.3. The fraction of sp³-hybridized carbons (Fsp3) is 0.692. The minimum Gasteiger partial charge on any atom is -0.388 e. The minimum atomic E-state index is -0.640. The number of hydrogen-bond donors (Lipinski definition) is 1. The van der Waals surface area contributed by atoms with Crippen LogP contribution in [0.5, 0.6) is 0 Å². The molecular formula is C13H20ClN3O. The highest BCUT2D eigenvalue weighted by Gasteiger charge is 2.30. The number of piperidine rings is 1. The number of aromatic nitrogens is 2. The van der Waals surface area contributed by atoms with Crippen LogP contribution >= 0.6 is 11.6 Å². The quantitative estimate of drug-likeness (QED) is 0.857. The minimum absolute atomic E-state index is 0.534. The Morgan fingerprint density at radius 3 is 2.94 bits per heavy atom. The van der Waals surface area contributed by atoms with Crippen LogP contribution in [-0.4, -0.2) is 33.8 Å².